The van der Waals surface area contributed by atoms with Crippen molar-refractivity contribution in [3.8, 4) is 17.2 Å². The van der Waals surface area contributed by atoms with E-state index < -0.39 is 12.1 Å². The minimum absolute atomic E-state index is 0.170. The van der Waals surface area contributed by atoms with Gasteiger partial charge in [0.25, 0.3) is 5.56 Å². The number of aromatic amines is 1. The summed E-state index contributed by atoms with van der Waals surface area (Å²) >= 11 is 1.43. The highest BCUT2D eigenvalue weighted by molar-refractivity contribution is 7.18. The molecule has 0 aliphatic heterocycles. The van der Waals surface area contributed by atoms with Gasteiger partial charge < -0.3 is 23.9 Å². The zero-order valence-electron chi connectivity index (χ0n) is 17.0. The number of methoxy groups -OCH3 is 3. The molecule has 0 aliphatic rings. The van der Waals surface area contributed by atoms with Crippen LogP contribution >= 0.6 is 11.3 Å². The van der Waals surface area contributed by atoms with E-state index in [0.717, 1.165) is 10.4 Å². The van der Waals surface area contributed by atoms with Crippen molar-refractivity contribution in [2.75, 3.05) is 21.3 Å². The molecule has 0 amide bonds. The highest BCUT2D eigenvalue weighted by Gasteiger charge is 2.24. The van der Waals surface area contributed by atoms with Crippen molar-refractivity contribution in [1.82, 2.24) is 9.97 Å². The SMILES string of the molecule is COc1ccc(C(=O)OC(C)c2nc3sc(C)c(C)c3c(=O)[nH]2)c(OC)c1OC. The molecule has 0 fully saturated rings. The summed E-state index contributed by atoms with van der Waals surface area (Å²) in [6, 6.07) is 3.12. The van der Waals surface area contributed by atoms with Gasteiger partial charge in [0.1, 0.15) is 10.4 Å². The number of ether oxygens (including phenoxy) is 4. The Hall–Kier alpha value is -3.07. The van der Waals surface area contributed by atoms with E-state index in [1.54, 1.807) is 13.0 Å². The Bertz CT molecular complexity index is 1130. The third kappa shape index (κ3) is 3.65. The van der Waals surface area contributed by atoms with Crippen molar-refractivity contribution in [2.45, 2.75) is 26.9 Å². The van der Waals surface area contributed by atoms with Crippen LogP contribution in [0, 0.1) is 13.8 Å². The Balaban J connectivity index is 1.94. The fraction of sp³-hybridized carbons (Fsp3) is 0.350. The Morgan fingerprint density at radius 3 is 2.41 bits per heavy atom. The van der Waals surface area contributed by atoms with E-state index in [9.17, 15) is 9.59 Å². The lowest BCUT2D eigenvalue weighted by atomic mass is 10.1. The standard InChI is InChI=1S/C20H22N2O6S/c1-9-11(3)29-19-14(9)18(23)21-17(22-19)10(2)28-20(24)12-7-8-13(25-4)16(27-6)15(12)26-5/h7-8,10H,1-6H3,(H,21,22,23). The first-order valence-corrected chi connectivity index (χ1v) is 9.63. The molecule has 0 bridgehead atoms. The molecular formula is C20H22N2O6S. The zero-order chi connectivity index (χ0) is 21.3. The number of H-pyrrole nitrogens is 1. The number of hydrogen-bond acceptors (Lipinski definition) is 8. The molecule has 3 aromatic rings. The van der Waals surface area contributed by atoms with E-state index >= 15 is 0 Å². The fourth-order valence-corrected chi connectivity index (χ4v) is 4.04. The van der Waals surface area contributed by atoms with E-state index in [-0.39, 0.29) is 28.4 Å². The van der Waals surface area contributed by atoms with Crippen LogP contribution in [0.3, 0.4) is 0 Å². The van der Waals surface area contributed by atoms with Crippen molar-refractivity contribution in [1.29, 1.82) is 0 Å². The molecule has 0 saturated heterocycles. The monoisotopic (exact) mass is 418 g/mol. The number of nitrogens with one attached hydrogen (secondary N) is 1. The van der Waals surface area contributed by atoms with E-state index in [1.165, 1.54) is 38.7 Å². The maximum Gasteiger partial charge on any atom is 0.342 e. The first-order chi connectivity index (χ1) is 13.8. The van der Waals surface area contributed by atoms with Crippen LogP contribution < -0.4 is 19.8 Å². The number of thiophene rings is 1. The summed E-state index contributed by atoms with van der Waals surface area (Å²) in [5.41, 5.74) is 0.826. The average molecular weight is 418 g/mol. The number of hydrogen-bond donors (Lipinski definition) is 1. The van der Waals surface area contributed by atoms with Crippen LogP contribution in [-0.4, -0.2) is 37.3 Å². The minimum Gasteiger partial charge on any atom is -0.493 e. The van der Waals surface area contributed by atoms with Crippen LogP contribution in [0.5, 0.6) is 17.2 Å². The molecule has 1 N–H and O–H groups in total. The minimum atomic E-state index is -0.778. The van der Waals surface area contributed by atoms with Gasteiger partial charge in [-0.3, -0.25) is 4.79 Å². The van der Waals surface area contributed by atoms with Crippen LogP contribution in [0.4, 0.5) is 0 Å². The second-order valence-electron chi connectivity index (χ2n) is 6.34. The molecule has 2 aromatic heterocycles. The average Bonchev–Trinajstić information content (AvgIpc) is 3.00. The van der Waals surface area contributed by atoms with Crippen molar-refractivity contribution in [2.24, 2.45) is 0 Å². The number of rotatable bonds is 6. The first kappa shape index (κ1) is 20.7. The molecule has 29 heavy (non-hydrogen) atoms. The number of benzene rings is 1. The van der Waals surface area contributed by atoms with Gasteiger partial charge in [-0.2, -0.15) is 0 Å². The van der Waals surface area contributed by atoms with Gasteiger partial charge in [0, 0.05) is 4.88 Å². The quantitative estimate of drug-likeness (QED) is 0.611. The number of aryl methyl sites for hydroxylation is 2. The predicted octanol–water partition coefficient (Wildman–Crippen LogP) is 3.55. The smallest absolute Gasteiger partial charge is 0.342 e. The van der Waals surface area contributed by atoms with E-state index in [1.807, 2.05) is 13.8 Å². The molecule has 1 aromatic carbocycles. The van der Waals surface area contributed by atoms with Gasteiger partial charge in [0.15, 0.2) is 23.4 Å². The lowest BCUT2D eigenvalue weighted by molar-refractivity contribution is 0.0316. The molecular weight excluding hydrogens is 396 g/mol. The number of carbonyl (C=O) groups excluding carboxylic acids is 1. The fourth-order valence-electron chi connectivity index (χ4n) is 3.01. The largest absolute Gasteiger partial charge is 0.493 e. The van der Waals surface area contributed by atoms with Gasteiger partial charge in [-0.25, -0.2) is 9.78 Å². The summed E-state index contributed by atoms with van der Waals surface area (Å²) in [5.74, 6) is 0.544. The highest BCUT2D eigenvalue weighted by atomic mass is 32.1. The molecule has 0 saturated carbocycles. The van der Waals surface area contributed by atoms with Gasteiger partial charge in [-0.05, 0) is 38.5 Å². The third-order valence-electron chi connectivity index (χ3n) is 4.65. The summed E-state index contributed by atoms with van der Waals surface area (Å²) in [6.45, 7) is 5.47. The lowest BCUT2D eigenvalue weighted by Crippen LogP contribution is -2.17. The Kier molecular flexibility index (Phi) is 5.78. The number of esters is 1. The molecule has 0 spiro atoms. The van der Waals surface area contributed by atoms with Crippen LogP contribution in [0.1, 0.15) is 39.7 Å². The van der Waals surface area contributed by atoms with E-state index in [0.29, 0.717) is 16.0 Å². The maximum absolute atomic E-state index is 12.8. The molecule has 1 unspecified atom stereocenters. The van der Waals surface area contributed by atoms with Crippen molar-refractivity contribution < 1.29 is 23.7 Å². The van der Waals surface area contributed by atoms with Crippen LogP contribution in [0.2, 0.25) is 0 Å². The topological polar surface area (TPSA) is 99.7 Å². The Morgan fingerprint density at radius 2 is 1.79 bits per heavy atom. The lowest BCUT2D eigenvalue weighted by Gasteiger charge is -2.17. The first-order valence-electron chi connectivity index (χ1n) is 8.82. The second kappa shape index (κ2) is 8.12. The van der Waals surface area contributed by atoms with E-state index in [2.05, 4.69) is 9.97 Å². The number of nitrogens with zero attached hydrogens (tertiary/aromatic N) is 1. The third-order valence-corrected chi connectivity index (χ3v) is 5.75. The summed E-state index contributed by atoms with van der Waals surface area (Å²) in [6.07, 6.45) is -0.778. The summed E-state index contributed by atoms with van der Waals surface area (Å²) in [4.78, 5) is 34.1. The van der Waals surface area contributed by atoms with Gasteiger partial charge >= 0.3 is 5.97 Å². The number of carbonyl (C=O) groups is 1. The molecule has 8 nitrogen and oxygen atoms in total. The molecule has 154 valence electrons. The summed E-state index contributed by atoms with van der Waals surface area (Å²) in [7, 11) is 4.36. The number of aromatic nitrogens is 2. The molecule has 0 radical (unpaired) electrons. The van der Waals surface area contributed by atoms with Crippen LogP contribution in [-0.2, 0) is 4.74 Å². The van der Waals surface area contributed by atoms with Gasteiger partial charge in [-0.15, -0.1) is 11.3 Å². The van der Waals surface area contributed by atoms with E-state index in [4.69, 9.17) is 18.9 Å². The second-order valence-corrected chi connectivity index (χ2v) is 7.55. The van der Waals surface area contributed by atoms with Crippen molar-refractivity contribution in [3.05, 3.63) is 44.3 Å². The molecule has 0 aliphatic carbocycles. The Morgan fingerprint density at radius 1 is 1.10 bits per heavy atom. The predicted molar refractivity (Wildman–Crippen MR) is 110 cm³/mol. The zero-order valence-corrected chi connectivity index (χ0v) is 17.9. The normalized spacial score (nSPS) is 11.9. The summed E-state index contributed by atoms with van der Waals surface area (Å²) in [5, 5.41) is 0.566. The highest BCUT2D eigenvalue weighted by Crippen LogP contribution is 2.40. The number of fused-ring (bicyclic) bond motifs is 1. The summed E-state index contributed by atoms with van der Waals surface area (Å²) < 4.78 is 21.4. The molecule has 1 atom stereocenters. The molecule has 2 heterocycles. The van der Waals surface area contributed by atoms with Crippen molar-refractivity contribution >= 4 is 27.5 Å². The molecule has 3 rings (SSSR count). The van der Waals surface area contributed by atoms with Gasteiger partial charge in [0.2, 0.25) is 5.75 Å². The van der Waals surface area contributed by atoms with Gasteiger partial charge in [-0.1, -0.05) is 0 Å². The molecule has 9 heteroatoms. The van der Waals surface area contributed by atoms with Crippen LogP contribution in [0.25, 0.3) is 10.2 Å². The van der Waals surface area contributed by atoms with Crippen LogP contribution in [0.15, 0.2) is 16.9 Å². The van der Waals surface area contributed by atoms with Crippen molar-refractivity contribution in [3.63, 3.8) is 0 Å². The van der Waals surface area contributed by atoms with Gasteiger partial charge in [0.05, 0.1) is 26.7 Å². The maximum atomic E-state index is 12.8. The Labute approximate surface area is 171 Å².